The van der Waals surface area contributed by atoms with Crippen LogP contribution in [0.4, 0.5) is 0 Å². The van der Waals surface area contributed by atoms with Crippen LogP contribution in [0.25, 0.3) is 11.4 Å². The molecule has 1 aromatic heterocycles. The van der Waals surface area contributed by atoms with Crippen LogP contribution in [-0.2, 0) is 12.0 Å². The van der Waals surface area contributed by atoms with E-state index >= 15 is 0 Å². The SMILES string of the molecule is COc1cc(-c2noc(C(C)(C)C)n2)ccc1OCc1ccccc1C. The van der Waals surface area contributed by atoms with Gasteiger partial charge in [-0.05, 0) is 36.2 Å². The van der Waals surface area contributed by atoms with Crippen molar-refractivity contribution in [3.63, 3.8) is 0 Å². The zero-order valence-corrected chi connectivity index (χ0v) is 15.9. The number of ether oxygens (including phenoxy) is 2. The molecule has 136 valence electrons. The highest BCUT2D eigenvalue weighted by molar-refractivity contribution is 5.60. The number of hydrogen-bond donors (Lipinski definition) is 0. The molecule has 0 spiro atoms. The Hall–Kier alpha value is -2.82. The number of aromatic nitrogens is 2. The largest absolute Gasteiger partial charge is 0.493 e. The van der Waals surface area contributed by atoms with Gasteiger partial charge < -0.3 is 14.0 Å². The minimum atomic E-state index is -0.189. The number of hydrogen-bond acceptors (Lipinski definition) is 5. The molecule has 0 bridgehead atoms. The van der Waals surface area contributed by atoms with Crippen molar-refractivity contribution in [1.29, 1.82) is 0 Å². The first kappa shape index (κ1) is 18.0. The molecule has 0 radical (unpaired) electrons. The van der Waals surface area contributed by atoms with E-state index in [2.05, 4.69) is 29.2 Å². The monoisotopic (exact) mass is 352 g/mol. The molecule has 0 fully saturated rings. The van der Waals surface area contributed by atoms with Gasteiger partial charge in [0.05, 0.1) is 7.11 Å². The standard InChI is InChI=1S/C21H24N2O3/c1-14-8-6-7-9-16(14)13-25-17-11-10-15(12-18(17)24-5)19-22-20(26-23-19)21(2,3)4/h6-12H,13H2,1-5H3. The van der Waals surface area contributed by atoms with E-state index in [0.717, 1.165) is 11.1 Å². The Bertz CT molecular complexity index is 894. The third-order valence-corrected chi connectivity index (χ3v) is 4.13. The van der Waals surface area contributed by atoms with Crippen LogP contribution in [0.2, 0.25) is 0 Å². The van der Waals surface area contributed by atoms with Crippen molar-refractivity contribution in [2.75, 3.05) is 7.11 Å². The van der Waals surface area contributed by atoms with Crippen molar-refractivity contribution in [3.8, 4) is 22.9 Å². The predicted octanol–water partition coefficient (Wildman–Crippen LogP) is 4.93. The second-order valence-electron chi connectivity index (χ2n) is 7.25. The minimum Gasteiger partial charge on any atom is -0.493 e. The van der Waals surface area contributed by atoms with E-state index in [1.807, 2.05) is 51.1 Å². The third kappa shape index (κ3) is 3.87. The zero-order valence-electron chi connectivity index (χ0n) is 15.9. The molecule has 0 N–H and O–H groups in total. The molecule has 5 nitrogen and oxygen atoms in total. The van der Waals surface area contributed by atoms with Crippen LogP contribution in [0.1, 0.15) is 37.8 Å². The average molecular weight is 352 g/mol. The number of rotatable bonds is 5. The summed E-state index contributed by atoms with van der Waals surface area (Å²) < 4.78 is 16.8. The molecule has 0 amide bonds. The summed E-state index contributed by atoms with van der Waals surface area (Å²) in [5.74, 6) is 2.46. The highest BCUT2D eigenvalue weighted by Gasteiger charge is 2.22. The molecule has 2 aromatic carbocycles. The first-order chi connectivity index (χ1) is 12.4. The summed E-state index contributed by atoms with van der Waals surface area (Å²) in [7, 11) is 1.62. The van der Waals surface area contributed by atoms with E-state index in [1.165, 1.54) is 5.56 Å². The fraction of sp³-hybridized carbons (Fsp3) is 0.333. The second kappa shape index (κ2) is 7.20. The molecular formula is C21H24N2O3. The summed E-state index contributed by atoms with van der Waals surface area (Å²) in [4.78, 5) is 4.49. The van der Waals surface area contributed by atoms with Crippen LogP contribution in [0.3, 0.4) is 0 Å². The van der Waals surface area contributed by atoms with Gasteiger partial charge in [-0.2, -0.15) is 4.98 Å². The lowest BCUT2D eigenvalue weighted by molar-refractivity contribution is 0.284. The molecule has 1 heterocycles. The summed E-state index contributed by atoms with van der Waals surface area (Å²) in [5, 5.41) is 4.08. The van der Waals surface area contributed by atoms with Gasteiger partial charge in [0.25, 0.3) is 0 Å². The summed E-state index contributed by atoms with van der Waals surface area (Å²) in [5.41, 5.74) is 2.98. The molecule has 0 saturated carbocycles. The van der Waals surface area contributed by atoms with Crippen LogP contribution in [0.15, 0.2) is 47.0 Å². The molecule has 0 atom stereocenters. The third-order valence-electron chi connectivity index (χ3n) is 4.13. The summed E-state index contributed by atoms with van der Waals surface area (Å²) >= 11 is 0. The van der Waals surface area contributed by atoms with Crippen molar-refractivity contribution in [1.82, 2.24) is 10.1 Å². The lowest BCUT2D eigenvalue weighted by Gasteiger charge is -2.12. The van der Waals surface area contributed by atoms with E-state index in [9.17, 15) is 0 Å². The first-order valence-corrected chi connectivity index (χ1v) is 8.58. The van der Waals surface area contributed by atoms with Gasteiger partial charge in [0, 0.05) is 11.0 Å². The number of aryl methyl sites for hydroxylation is 1. The molecule has 0 aliphatic heterocycles. The molecular weight excluding hydrogens is 328 g/mol. The predicted molar refractivity (Wildman–Crippen MR) is 100 cm³/mol. The normalized spacial score (nSPS) is 11.4. The van der Waals surface area contributed by atoms with Crippen molar-refractivity contribution in [2.45, 2.75) is 39.7 Å². The van der Waals surface area contributed by atoms with E-state index in [-0.39, 0.29) is 5.41 Å². The Balaban J connectivity index is 1.82. The maximum atomic E-state index is 5.96. The average Bonchev–Trinajstić information content (AvgIpc) is 3.11. The number of methoxy groups -OCH3 is 1. The summed E-state index contributed by atoms with van der Waals surface area (Å²) in [6, 6.07) is 13.8. The molecule has 0 aliphatic carbocycles. The maximum absolute atomic E-state index is 5.96. The Kier molecular flexibility index (Phi) is 4.98. The van der Waals surface area contributed by atoms with Crippen LogP contribution < -0.4 is 9.47 Å². The van der Waals surface area contributed by atoms with Gasteiger partial charge >= 0.3 is 0 Å². The number of nitrogens with zero attached hydrogens (tertiary/aromatic N) is 2. The zero-order chi connectivity index (χ0) is 18.7. The molecule has 3 aromatic rings. The van der Waals surface area contributed by atoms with Crippen LogP contribution in [0.5, 0.6) is 11.5 Å². The van der Waals surface area contributed by atoms with Gasteiger partial charge in [-0.3, -0.25) is 0 Å². The number of benzene rings is 2. The maximum Gasteiger partial charge on any atom is 0.232 e. The molecule has 3 rings (SSSR count). The van der Waals surface area contributed by atoms with Crippen LogP contribution in [-0.4, -0.2) is 17.3 Å². The van der Waals surface area contributed by atoms with Crippen molar-refractivity contribution >= 4 is 0 Å². The molecule has 0 aliphatic rings. The van der Waals surface area contributed by atoms with Gasteiger partial charge in [0.15, 0.2) is 11.5 Å². The Morgan fingerprint density at radius 2 is 1.81 bits per heavy atom. The molecule has 5 heteroatoms. The summed E-state index contributed by atoms with van der Waals surface area (Å²) in [6.45, 7) is 8.66. The van der Waals surface area contributed by atoms with Crippen molar-refractivity contribution in [2.24, 2.45) is 0 Å². The van der Waals surface area contributed by atoms with Crippen molar-refractivity contribution < 1.29 is 14.0 Å². The summed E-state index contributed by atoms with van der Waals surface area (Å²) in [6.07, 6.45) is 0. The molecule has 0 unspecified atom stereocenters. The quantitative estimate of drug-likeness (QED) is 0.651. The van der Waals surface area contributed by atoms with Crippen molar-refractivity contribution in [3.05, 3.63) is 59.5 Å². The Morgan fingerprint density at radius 1 is 1.04 bits per heavy atom. The molecule has 0 saturated heterocycles. The fourth-order valence-electron chi connectivity index (χ4n) is 2.50. The lowest BCUT2D eigenvalue weighted by atomic mass is 9.97. The first-order valence-electron chi connectivity index (χ1n) is 8.58. The second-order valence-corrected chi connectivity index (χ2v) is 7.25. The van der Waals surface area contributed by atoms with Gasteiger partial charge in [0.1, 0.15) is 6.61 Å². The van der Waals surface area contributed by atoms with E-state index < -0.39 is 0 Å². The van der Waals surface area contributed by atoms with E-state index in [1.54, 1.807) is 7.11 Å². The lowest BCUT2D eigenvalue weighted by Crippen LogP contribution is -2.11. The van der Waals surface area contributed by atoms with E-state index in [4.69, 9.17) is 14.0 Å². The Labute approximate surface area is 154 Å². The Morgan fingerprint density at radius 3 is 2.46 bits per heavy atom. The fourth-order valence-corrected chi connectivity index (χ4v) is 2.50. The van der Waals surface area contributed by atoms with Crippen LogP contribution >= 0.6 is 0 Å². The van der Waals surface area contributed by atoms with Gasteiger partial charge in [-0.1, -0.05) is 50.2 Å². The highest BCUT2D eigenvalue weighted by atomic mass is 16.5. The minimum absolute atomic E-state index is 0.189. The van der Waals surface area contributed by atoms with Gasteiger partial charge in [0.2, 0.25) is 11.7 Å². The smallest absolute Gasteiger partial charge is 0.232 e. The van der Waals surface area contributed by atoms with Gasteiger partial charge in [-0.25, -0.2) is 0 Å². The molecule has 26 heavy (non-hydrogen) atoms. The van der Waals surface area contributed by atoms with Crippen LogP contribution in [0, 0.1) is 6.92 Å². The van der Waals surface area contributed by atoms with E-state index in [0.29, 0.717) is 29.8 Å². The topological polar surface area (TPSA) is 57.4 Å². The van der Waals surface area contributed by atoms with Gasteiger partial charge in [-0.15, -0.1) is 0 Å². The highest BCUT2D eigenvalue weighted by Crippen LogP contribution is 2.33.